The van der Waals surface area contributed by atoms with Gasteiger partial charge in [0.15, 0.2) is 28.3 Å². The van der Waals surface area contributed by atoms with Crippen LogP contribution >= 0.6 is 0 Å². The Morgan fingerprint density at radius 2 is 1.39 bits per heavy atom. The number of rotatable bonds is 3. The van der Waals surface area contributed by atoms with Crippen molar-refractivity contribution in [3.63, 3.8) is 0 Å². The molecule has 206 valence electrons. The molecule has 5 aromatic rings. The predicted molar refractivity (Wildman–Crippen MR) is 144 cm³/mol. The first-order chi connectivity index (χ1) is 19.5. The van der Waals surface area contributed by atoms with E-state index in [2.05, 4.69) is 0 Å². The molecule has 0 saturated heterocycles. The summed E-state index contributed by atoms with van der Waals surface area (Å²) in [5, 5.41) is 72.1. The van der Waals surface area contributed by atoms with Crippen molar-refractivity contribution in [3.05, 3.63) is 82.0 Å². The normalized spacial score (nSPS) is 14.5. The molecule has 0 amide bonds. The highest BCUT2D eigenvalue weighted by Crippen LogP contribution is 2.49. The minimum absolute atomic E-state index is 0.0195. The van der Waals surface area contributed by atoms with Gasteiger partial charge in [-0.3, -0.25) is 9.59 Å². The Morgan fingerprint density at radius 1 is 0.683 bits per heavy atom. The highest BCUT2D eigenvalue weighted by Gasteiger charge is 2.32. The number of ketones is 1. The first-order valence-electron chi connectivity index (χ1n) is 12.2. The second-order valence-electron chi connectivity index (χ2n) is 9.52. The molecule has 6 rings (SSSR count). The van der Waals surface area contributed by atoms with Crippen molar-refractivity contribution in [1.29, 1.82) is 0 Å². The number of carbonyl (C=O) groups is 1. The van der Waals surface area contributed by atoms with Crippen LogP contribution in [0.1, 0.15) is 28.4 Å². The number of Topliss-reactive ketones (excluding diaryl/α,β-unsaturated/α-hetero) is 1. The van der Waals surface area contributed by atoms with Crippen molar-refractivity contribution in [2.24, 2.45) is 0 Å². The molecule has 0 aliphatic carbocycles. The van der Waals surface area contributed by atoms with Gasteiger partial charge >= 0.3 is 0 Å². The molecule has 0 fully saturated rings. The lowest BCUT2D eigenvalue weighted by Crippen LogP contribution is -2.20. The Morgan fingerprint density at radius 3 is 2.12 bits per heavy atom. The Kier molecular flexibility index (Phi) is 5.66. The summed E-state index contributed by atoms with van der Waals surface area (Å²) >= 11 is 0. The van der Waals surface area contributed by atoms with Gasteiger partial charge in [0.2, 0.25) is 0 Å². The number of phenols is 7. The first-order valence-corrected chi connectivity index (χ1v) is 12.2. The van der Waals surface area contributed by atoms with Gasteiger partial charge in [-0.2, -0.15) is 0 Å². The van der Waals surface area contributed by atoms with Crippen LogP contribution in [0.5, 0.6) is 46.0 Å². The standard InChI is InChI=1S/C30H20O11/c31-14-3-1-12(2-4-14)23-11-21(37)28-19(35)9-18(34)26(30(28)41-23)16-5-13(6-22(38)29(16)39)24-10-20(36)27-17(33)7-15(32)8-25(27)40-24/h1-9,11,24,31-35,38-39H,10H2. The van der Waals surface area contributed by atoms with Crippen LogP contribution in [-0.4, -0.2) is 41.5 Å². The van der Waals surface area contributed by atoms with Crippen molar-refractivity contribution >= 4 is 16.8 Å². The number of hydrogen-bond acceptors (Lipinski definition) is 11. The van der Waals surface area contributed by atoms with Crippen molar-refractivity contribution in [1.82, 2.24) is 0 Å². The molecule has 1 unspecified atom stereocenters. The summed E-state index contributed by atoms with van der Waals surface area (Å²) in [7, 11) is 0. The molecule has 7 N–H and O–H groups in total. The maximum atomic E-state index is 13.1. The van der Waals surface area contributed by atoms with Crippen LogP contribution in [-0.2, 0) is 0 Å². The van der Waals surface area contributed by atoms with Crippen molar-refractivity contribution in [2.45, 2.75) is 12.5 Å². The van der Waals surface area contributed by atoms with Crippen LogP contribution in [0.25, 0.3) is 33.4 Å². The van der Waals surface area contributed by atoms with Gasteiger partial charge < -0.3 is 44.9 Å². The highest BCUT2D eigenvalue weighted by molar-refractivity contribution is 6.03. The van der Waals surface area contributed by atoms with E-state index in [-0.39, 0.29) is 62.7 Å². The lowest BCUT2D eigenvalue weighted by atomic mass is 9.92. The molecule has 41 heavy (non-hydrogen) atoms. The van der Waals surface area contributed by atoms with E-state index in [0.717, 1.165) is 30.3 Å². The molecule has 0 bridgehead atoms. The van der Waals surface area contributed by atoms with Gasteiger partial charge in [-0.05, 0) is 42.0 Å². The fourth-order valence-corrected chi connectivity index (χ4v) is 4.96. The summed E-state index contributed by atoms with van der Waals surface area (Å²) in [6, 6.07) is 12.3. The van der Waals surface area contributed by atoms with Gasteiger partial charge in [0.25, 0.3) is 0 Å². The molecule has 4 aromatic carbocycles. The molecule has 1 atom stereocenters. The highest BCUT2D eigenvalue weighted by atomic mass is 16.5. The monoisotopic (exact) mass is 556 g/mol. The smallest absolute Gasteiger partial charge is 0.197 e. The topological polar surface area (TPSA) is 198 Å². The summed E-state index contributed by atoms with van der Waals surface area (Å²) in [6.45, 7) is 0. The second kappa shape index (κ2) is 9.12. The zero-order valence-corrected chi connectivity index (χ0v) is 20.8. The SMILES string of the molecule is O=C1CC(c2cc(O)c(O)c(-c3c(O)cc(O)c4c(=O)cc(-c5ccc(O)cc5)oc34)c2)Oc2cc(O)cc(O)c21. The molecule has 2 heterocycles. The van der Waals surface area contributed by atoms with E-state index < -0.39 is 46.1 Å². The molecule has 0 saturated carbocycles. The molecule has 1 aliphatic heterocycles. The Bertz CT molecular complexity index is 1960. The molecule has 11 nitrogen and oxygen atoms in total. The minimum Gasteiger partial charge on any atom is -0.508 e. The van der Waals surface area contributed by atoms with Gasteiger partial charge in [0, 0.05) is 35.4 Å². The van der Waals surface area contributed by atoms with Crippen molar-refractivity contribution < 1.29 is 49.7 Å². The number of carbonyl (C=O) groups excluding carboxylic acids is 1. The summed E-state index contributed by atoms with van der Waals surface area (Å²) in [6.07, 6.45) is -1.33. The average Bonchev–Trinajstić information content (AvgIpc) is 2.90. The lowest BCUT2D eigenvalue weighted by Gasteiger charge is -2.27. The van der Waals surface area contributed by atoms with Crippen LogP contribution in [0.2, 0.25) is 0 Å². The number of phenolic OH excluding ortho intramolecular Hbond substituents is 7. The van der Waals surface area contributed by atoms with Gasteiger partial charge in [-0.25, -0.2) is 0 Å². The van der Waals surface area contributed by atoms with Gasteiger partial charge in [0.1, 0.15) is 57.3 Å². The molecule has 11 heteroatoms. The Labute approximate surface area is 229 Å². The summed E-state index contributed by atoms with van der Waals surface area (Å²) in [4.78, 5) is 25.9. The third kappa shape index (κ3) is 4.16. The third-order valence-electron chi connectivity index (χ3n) is 6.85. The van der Waals surface area contributed by atoms with Crippen molar-refractivity contribution in [2.75, 3.05) is 0 Å². The zero-order valence-electron chi connectivity index (χ0n) is 20.8. The molecule has 1 aliphatic rings. The lowest BCUT2D eigenvalue weighted by molar-refractivity contribution is 0.0844. The Balaban J connectivity index is 1.56. The Hall–Kier alpha value is -5.84. The number of hydrogen-bond donors (Lipinski definition) is 7. The van der Waals surface area contributed by atoms with Crippen LogP contribution < -0.4 is 10.2 Å². The van der Waals surface area contributed by atoms with Gasteiger partial charge in [0.05, 0.1) is 12.0 Å². The van der Waals surface area contributed by atoms with Gasteiger partial charge in [-0.1, -0.05) is 0 Å². The second-order valence-corrected chi connectivity index (χ2v) is 9.52. The van der Waals surface area contributed by atoms with Crippen LogP contribution in [0.3, 0.4) is 0 Å². The predicted octanol–water partition coefficient (Wildman–Crippen LogP) is 4.77. The number of benzene rings is 4. The van der Waals surface area contributed by atoms with Crippen LogP contribution in [0.4, 0.5) is 0 Å². The molecule has 0 radical (unpaired) electrons. The van der Waals surface area contributed by atoms with E-state index in [1.807, 2.05) is 0 Å². The summed E-state index contributed by atoms with van der Waals surface area (Å²) in [5.41, 5.74) is -1.02. The molecular formula is C30H20O11. The van der Waals surface area contributed by atoms with Crippen molar-refractivity contribution in [3.8, 4) is 68.4 Å². The fourth-order valence-electron chi connectivity index (χ4n) is 4.96. The zero-order chi connectivity index (χ0) is 29.2. The third-order valence-corrected chi connectivity index (χ3v) is 6.85. The number of aromatic hydroxyl groups is 7. The first kappa shape index (κ1) is 25.4. The van der Waals surface area contributed by atoms with Crippen LogP contribution in [0, 0.1) is 0 Å². The van der Waals surface area contributed by atoms with Gasteiger partial charge in [-0.15, -0.1) is 0 Å². The van der Waals surface area contributed by atoms with E-state index in [9.17, 15) is 45.3 Å². The maximum absolute atomic E-state index is 13.1. The number of fused-ring (bicyclic) bond motifs is 2. The van der Waals surface area contributed by atoms with E-state index >= 15 is 0 Å². The summed E-state index contributed by atoms with van der Waals surface area (Å²) in [5.74, 6) is -3.97. The van der Waals surface area contributed by atoms with E-state index in [1.165, 1.54) is 30.3 Å². The summed E-state index contributed by atoms with van der Waals surface area (Å²) < 4.78 is 11.8. The number of ether oxygens (including phenoxy) is 1. The minimum atomic E-state index is -1.05. The molecular weight excluding hydrogens is 536 g/mol. The van der Waals surface area contributed by atoms with E-state index in [1.54, 1.807) is 0 Å². The van der Waals surface area contributed by atoms with Crippen LogP contribution in [0.15, 0.2) is 69.9 Å². The largest absolute Gasteiger partial charge is 0.508 e. The van der Waals surface area contributed by atoms with E-state index in [0.29, 0.717) is 5.56 Å². The molecule has 0 spiro atoms. The molecule has 1 aromatic heterocycles. The average molecular weight is 556 g/mol. The maximum Gasteiger partial charge on any atom is 0.197 e. The fraction of sp³-hybridized carbons (Fsp3) is 0.0667. The quantitative estimate of drug-likeness (QED) is 0.151. The van der Waals surface area contributed by atoms with E-state index in [4.69, 9.17) is 9.15 Å².